The van der Waals surface area contributed by atoms with E-state index in [9.17, 15) is 9.59 Å². The topological polar surface area (TPSA) is 65.0 Å². The molecule has 0 unspecified atom stereocenters. The molecule has 0 bridgehead atoms. The highest BCUT2D eigenvalue weighted by atomic mass is 79.9. The van der Waals surface area contributed by atoms with Crippen LogP contribution in [0.1, 0.15) is 21.5 Å². The number of cyclic esters (lactones) is 1. The molecule has 1 aliphatic heterocycles. The van der Waals surface area contributed by atoms with Gasteiger partial charge in [-0.15, -0.1) is 0 Å². The van der Waals surface area contributed by atoms with Gasteiger partial charge in [-0.25, -0.2) is 14.6 Å². The van der Waals surface area contributed by atoms with Gasteiger partial charge in [0.05, 0.1) is 25.1 Å². The molecule has 1 heterocycles. The Balaban J connectivity index is 1.60. The first-order chi connectivity index (χ1) is 15.7. The summed E-state index contributed by atoms with van der Waals surface area (Å²) in [5.41, 5.74) is 1.49. The third-order valence-electron chi connectivity index (χ3n) is 4.38. The summed E-state index contributed by atoms with van der Waals surface area (Å²) >= 11 is 24.8. The maximum Gasteiger partial charge on any atom is 0.363 e. The number of benzene rings is 3. The molecule has 0 aliphatic carbocycles. The summed E-state index contributed by atoms with van der Waals surface area (Å²) in [6, 6.07) is 14.5. The summed E-state index contributed by atoms with van der Waals surface area (Å²) in [4.78, 5) is 29.0. The maximum atomic E-state index is 12.4. The van der Waals surface area contributed by atoms with Gasteiger partial charge >= 0.3 is 11.9 Å². The highest BCUT2D eigenvalue weighted by Crippen LogP contribution is 2.36. The van der Waals surface area contributed by atoms with E-state index in [0.29, 0.717) is 40.7 Å². The molecule has 3 aromatic carbocycles. The Bertz CT molecular complexity index is 1330. The molecule has 0 atom stereocenters. The van der Waals surface area contributed by atoms with Crippen LogP contribution >= 0.6 is 66.7 Å². The molecule has 10 heteroatoms. The average Bonchev–Trinajstić information content (AvgIpc) is 3.11. The second kappa shape index (κ2) is 9.99. The minimum absolute atomic E-state index is 0.0829. The predicted octanol–water partition coefficient (Wildman–Crippen LogP) is 7.74. The number of hydrogen-bond acceptors (Lipinski definition) is 5. The smallest absolute Gasteiger partial charge is 0.363 e. The Kier molecular flexibility index (Phi) is 7.26. The molecule has 3 aromatic rings. The molecule has 4 rings (SSSR count). The molecule has 1 aliphatic rings. The lowest BCUT2D eigenvalue weighted by molar-refractivity contribution is -0.129. The highest BCUT2D eigenvalue weighted by molar-refractivity contribution is 9.11. The van der Waals surface area contributed by atoms with Crippen LogP contribution in [0.3, 0.4) is 0 Å². The molecule has 5 nitrogen and oxygen atoms in total. The number of esters is 2. The zero-order valence-corrected chi connectivity index (χ0v) is 21.7. The standard InChI is InChI=1S/C23H10Br2Cl3NO4/c24-16-7-11(8-17(25)20(16)32-22(30)12-1-3-13(26)4-2-12)9-19-23(31)33-21(29-19)15-6-5-14(27)10-18(15)28/h1-10H/b19-9-. The van der Waals surface area contributed by atoms with Crippen LogP contribution in [0.25, 0.3) is 6.08 Å². The first-order valence-electron chi connectivity index (χ1n) is 9.16. The molecule has 33 heavy (non-hydrogen) atoms. The summed E-state index contributed by atoms with van der Waals surface area (Å²) in [7, 11) is 0. The van der Waals surface area contributed by atoms with Crippen LogP contribution in [0.2, 0.25) is 15.1 Å². The first-order valence-corrected chi connectivity index (χ1v) is 11.9. The summed E-state index contributed by atoms with van der Waals surface area (Å²) < 4.78 is 11.7. The van der Waals surface area contributed by atoms with E-state index >= 15 is 0 Å². The van der Waals surface area contributed by atoms with Crippen molar-refractivity contribution in [1.82, 2.24) is 0 Å². The van der Waals surface area contributed by atoms with Gasteiger partial charge in [-0.1, -0.05) is 34.8 Å². The lowest BCUT2D eigenvalue weighted by atomic mass is 10.2. The van der Waals surface area contributed by atoms with E-state index < -0.39 is 11.9 Å². The van der Waals surface area contributed by atoms with Crippen LogP contribution in [0.5, 0.6) is 5.75 Å². The first kappa shape index (κ1) is 24.0. The van der Waals surface area contributed by atoms with Crippen LogP contribution in [0.15, 0.2) is 74.2 Å². The molecule has 0 spiro atoms. The van der Waals surface area contributed by atoms with E-state index in [1.807, 2.05) is 0 Å². The number of nitrogens with zero attached hydrogens (tertiary/aromatic N) is 1. The minimum atomic E-state index is -0.624. The van der Waals surface area contributed by atoms with Crippen LogP contribution in [0.4, 0.5) is 0 Å². The number of carbonyl (C=O) groups excluding carboxylic acids is 2. The number of hydrogen-bond donors (Lipinski definition) is 0. The van der Waals surface area contributed by atoms with Crippen molar-refractivity contribution >= 4 is 90.6 Å². The van der Waals surface area contributed by atoms with Crippen LogP contribution in [-0.4, -0.2) is 17.8 Å². The summed E-state index contributed by atoms with van der Waals surface area (Å²) in [6.07, 6.45) is 1.54. The predicted molar refractivity (Wildman–Crippen MR) is 135 cm³/mol. The van der Waals surface area contributed by atoms with Crippen molar-refractivity contribution < 1.29 is 19.1 Å². The van der Waals surface area contributed by atoms with E-state index in [0.717, 1.165) is 0 Å². The largest absolute Gasteiger partial charge is 0.421 e. The van der Waals surface area contributed by atoms with Crippen molar-refractivity contribution in [3.8, 4) is 5.75 Å². The van der Waals surface area contributed by atoms with Crippen molar-refractivity contribution in [3.63, 3.8) is 0 Å². The Morgan fingerprint density at radius 3 is 2.21 bits per heavy atom. The molecule has 0 saturated carbocycles. The fraction of sp³-hybridized carbons (Fsp3) is 0. The molecule has 0 amide bonds. The Labute approximate surface area is 220 Å². The third kappa shape index (κ3) is 5.50. The fourth-order valence-electron chi connectivity index (χ4n) is 2.84. The van der Waals surface area contributed by atoms with Gasteiger partial charge in [-0.2, -0.15) is 0 Å². The number of halogens is 5. The molecule has 0 radical (unpaired) electrons. The normalized spacial score (nSPS) is 14.3. The van der Waals surface area contributed by atoms with Crippen LogP contribution < -0.4 is 4.74 Å². The quantitative estimate of drug-likeness (QED) is 0.168. The van der Waals surface area contributed by atoms with Crippen LogP contribution in [-0.2, 0) is 9.53 Å². The zero-order chi connectivity index (χ0) is 23.7. The molecule has 0 saturated heterocycles. The van der Waals surface area contributed by atoms with Crippen LogP contribution in [0, 0.1) is 0 Å². The van der Waals surface area contributed by atoms with Crippen molar-refractivity contribution in [1.29, 1.82) is 0 Å². The number of rotatable bonds is 4. The Morgan fingerprint density at radius 1 is 0.939 bits per heavy atom. The molecule has 166 valence electrons. The highest BCUT2D eigenvalue weighted by Gasteiger charge is 2.26. The van der Waals surface area contributed by atoms with Crippen molar-refractivity contribution in [2.45, 2.75) is 0 Å². The van der Waals surface area contributed by atoms with E-state index in [-0.39, 0.29) is 17.3 Å². The number of carbonyl (C=O) groups is 2. The summed E-state index contributed by atoms with van der Waals surface area (Å²) in [5.74, 6) is -0.808. The monoisotopic (exact) mass is 627 g/mol. The second-order valence-electron chi connectivity index (χ2n) is 6.67. The maximum absolute atomic E-state index is 12.4. The van der Waals surface area contributed by atoms with Crippen molar-refractivity contribution in [2.24, 2.45) is 4.99 Å². The van der Waals surface area contributed by atoms with Gasteiger partial charge in [-0.05, 0) is 98.1 Å². The molecular formula is C23H10Br2Cl3NO4. The lowest BCUT2D eigenvalue weighted by Gasteiger charge is -2.10. The third-order valence-corrected chi connectivity index (χ3v) is 6.36. The van der Waals surface area contributed by atoms with Crippen molar-refractivity contribution in [3.05, 3.63) is 101 Å². The SMILES string of the molecule is O=C1OC(c2ccc(Cl)cc2Cl)=N/C1=C\c1cc(Br)c(OC(=O)c2ccc(Cl)cc2)c(Br)c1. The Morgan fingerprint density at radius 2 is 1.58 bits per heavy atom. The number of ether oxygens (including phenoxy) is 2. The minimum Gasteiger partial charge on any atom is -0.421 e. The lowest BCUT2D eigenvalue weighted by Crippen LogP contribution is -2.09. The Hall–Kier alpha value is -2.16. The van der Waals surface area contributed by atoms with Gasteiger partial charge in [0.1, 0.15) is 0 Å². The summed E-state index contributed by atoms with van der Waals surface area (Å²) in [5, 5.41) is 1.28. The van der Waals surface area contributed by atoms with E-state index in [1.54, 1.807) is 54.6 Å². The van der Waals surface area contributed by atoms with E-state index in [4.69, 9.17) is 44.3 Å². The average molecular weight is 631 g/mol. The van der Waals surface area contributed by atoms with E-state index in [1.165, 1.54) is 6.07 Å². The van der Waals surface area contributed by atoms with Crippen molar-refractivity contribution in [2.75, 3.05) is 0 Å². The van der Waals surface area contributed by atoms with Gasteiger partial charge in [0.25, 0.3) is 0 Å². The van der Waals surface area contributed by atoms with Gasteiger partial charge in [0.2, 0.25) is 5.90 Å². The summed E-state index contributed by atoms with van der Waals surface area (Å²) in [6.45, 7) is 0. The second-order valence-corrected chi connectivity index (χ2v) is 9.66. The van der Waals surface area contributed by atoms with Gasteiger partial charge in [-0.3, -0.25) is 0 Å². The van der Waals surface area contributed by atoms with E-state index in [2.05, 4.69) is 36.9 Å². The van der Waals surface area contributed by atoms with Gasteiger partial charge in [0.15, 0.2) is 11.4 Å². The number of aliphatic imine (C=N–C) groups is 1. The molecule has 0 N–H and O–H groups in total. The fourth-order valence-corrected chi connectivity index (χ4v) is 4.84. The van der Waals surface area contributed by atoms with Gasteiger partial charge in [0, 0.05) is 10.0 Å². The molecule has 0 fully saturated rings. The molecule has 0 aromatic heterocycles. The zero-order valence-electron chi connectivity index (χ0n) is 16.2. The van der Waals surface area contributed by atoms with Gasteiger partial charge < -0.3 is 9.47 Å². The molecular weight excluding hydrogens is 620 g/mol.